The summed E-state index contributed by atoms with van der Waals surface area (Å²) in [6.45, 7) is 1.68. The minimum absolute atomic E-state index is 0.0963. The van der Waals surface area contributed by atoms with Crippen LogP contribution in [0.15, 0.2) is 24.5 Å². The largest absolute Gasteiger partial charge is 0.394 e. The van der Waals surface area contributed by atoms with Crippen molar-refractivity contribution >= 4 is 11.0 Å². The Morgan fingerprint density at radius 2 is 2.43 bits per heavy atom. The Labute approximate surface area is 81.8 Å². The average Bonchev–Trinajstić information content (AvgIpc) is 2.64. The van der Waals surface area contributed by atoms with Gasteiger partial charge in [-0.3, -0.25) is 4.98 Å². The van der Waals surface area contributed by atoms with Crippen LogP contribution in [-0.4, -0.2) is 21.7 Å². The predicted molar refractivity (Wildman–Crippen MR) is 54.7 cm³/mol. The molecule has 0 aliphatic rings. The molecule has 2 rings (SSSR count). The summed E-state index contributed by atoms with van der Waals surface area (Å²) in [6, 6.07) is 3.81. The van der Waals surface area contributed by atoms with Gasteiger partial charge in [0.25, 0.3) is 0 Å². The summed E-state index contributed by atoms with van der Waals surface area (Å²) in [5.41, 5.74) is 7.83. The van der Waals surface area contributed by atoms with Crippen LogP contribution in [0.2, 0.25) is 0 Å². The molecule has 0 fully saturated rings. The van der Waals surface area contributed by atoms with E-state index in [1.165, 1.54) is 0 Å². The van der Waals surface area contributed by atoms with Crippen LogP contribution in [0, 0.1) is 0 Å². The molecular weight excluding hydrogens is 178 g/mol. The van der Waals surface area contributed by atoms with Gasteiger partial charge in [0, 0.05) is 12.4 Å². The molecule has 0 aliphatic carbocycles. The number of H-pyrrole nitrogens is 1. The lowest BCUT2D eigenvalue weighted by Gasteiger charge is -2.21. The zero-order valence-electron chi connectivity index (χ0n) is 7.99. The van der Waals surface area contributed by atoms with Crippen molar-refractivity contribution in [1.29, 1.82) is 0 Å². The molecule has 0 saturated carbocycles. The molecular formula is C10H13N3O. The zero-order chi connectivity index (χ0) is 10.2. The van der Waals surface area contributed by atoms with Crippen molar-refractivity contribution < 1.29 is 5.11 Å². The minimum atomic E-state index is -0.730. The lowest BCUT2D eigenvalue weighted by molar-refractivity contribution is 0.210. The Bertz CT molecular complexity index is 447. The summed E-state index contributed by atoms with van der Waals surface area (Å²) in [7, 11) is 0. The van der Waals surface area contributed by atoms with Gasteiger partial charge in [0.2, 0.25) is 0 Å². The molecule has 0 amide bonds. The lowest BCUT2D eigenvalue weighted by Crippen LogP contribution is -2.37. The van der Waals surface area contributed by atoms with Gasteiger partial charge < -0.3 is 15.8 Å². The topological polar surface area (TPSA) is 74.9 Å². The van der Waals surface area contributed by atoms with E-state index < -0.39 is 5.54 Å². The number of nitrogens with one attached hydrogen (secondary N) is 1. The van der Waals surface area contributed by atoms with Gasteiger partial charge in [0.1, 0.15) is 0 Å². The van der Waals surface area contributed by atoms with Crippen LogP contribution in [0.5, 0.6) is 0 Å². The molecule has 14 heavy (non-hydrogen) atoms. The van der Waals surface area contributed by atoms with Gasteiger partial charge in [-0.25, -0.2) is 0 Å². The maximum Gasteiger partial charge on any atom is 0.0878 e. The smallest absolute Gasteiger partial charge is 0.0878 e. The molecule has 4 heteroatoms. The van der Waals surface area contributed by atoms with Crippen LogP contribution >= 0.6 is 0 Å². The number of aromatic nitrogens is 2. The molecule has 1 unspecified atom stereocenters. The number of fused-ring (bicyclic) bond motifs is 1. The van der Waals surface area contributed by atoms with Crippen molar-refractivity contribution in [2.75, 3.05) is 6.61 Å². The maximum atomic E-state index is 9.11. The summed E-state index contributed by atoms with van der Waals surface area (Å²) >= 11 is 0. The van der Waals surface area contributed by atoms with Crippen LogP contribution < -0.4 is 5.73 Å². The second-order valence-corrected chi connectivity index (χ2v) is 3.71. The number of rotatable bonds is 2. The normalized spacial score (nSPS) is 15.6. The standard InChI is InChI=1S/C10H13N3O/c1-10(11,6-14)7-4-9-8(13-5-7)2-3-12-9/h2-5,12,14H,6,11H2,1H3. The number of aliphatic hydroxyl groups excluding tert-OH is 1. The zero-order valence-corrected chi connectivity index (χ0v) is 7.99. The fraction of sp³-hybridized carbons (Fsp3) is 0.300. The number of hydrogen-bond acceptors (Lipinski definition) is 3. The van der Waals surface area contributed by atoms with Crippen molar-refractivity contribution in [2.24, 2.45) is 5.73 Å². The Balaban J connectivity index is 2.53. The summed E-state index contributed by atoms with van der Waals surface area (Å²) in [5, 5.41) is 9.11. The van der Waals surface area contributed by atoms with Gasteiger partial charge in [0.15, 0.2) is 0 Å². The number of aromatic amines is 1. The highest BCUT2D eigenvalue weighted by molar-refractivity contribution is 5.75. The fourth-order valence-corrected chi connectivity index (χ4v) is 1.34. The summed E-state index contributed by atoms with van der Waals surface area (Å²) in [5.74, 6) is 0. The summed E-state index contributed by atoms with van der Waals surface area (Å²) < 4.78 is 0. The highest BCUT2D eigenvalue weighted by Crippen LogP contribution is 2.19. The fourth-order valence-electron chi connectivity index (χ4n) is 1.34. The van der Waals surface area contributed by atoms with Gasteiger partial charge in [0.05, 0.1) is 23.2 Å². The molecule has 0 radical (unpaired) electrons. The van der Waals surface area contributed by atoms with Crippen LogP contribution in [-0.2, 0) is 5.54 Å². The molecule has 74 valence electrons. The molecule has 2 aromatic rings. The third-order valence-electron chi connectivity index (χ3n) is 2.39. The molecule has 1 atom stereocenters. The van der Waals surface area contributed by atoms with E-state index in [4.69, 9.17) is 10.8 Å². The van der Waals surface area contributed by atoms with E-state index in [1.54, 1.807) is 13.1 Å². The molecule has 0 spiro atoms. The van der Waals surface area contributed by atoms with Crippen molar-refractivity contribution in [3.63, 3.8) is 0 Å². The van der Waals surface area contributed by atoms with Crippen molar-refractivity contribution in [1.82, 2.24) is 9.97 Å². The first-order chi connectivity index (χ1) is 6.63. The molecule has 0 bridgehead atoms. The van der Waals surface area contributed by atoms with Gasteiger partial charge in [-0.05, 0) is 24.6 Å². The second kappa shape index (κ2) is 3.08. The molecule has 0 aromatic carbocycles. The lowest BCUT2D eigenvalue weighted by atomic mass is 9.96. The number of pyridine rings is 1. The van der Waals surface area contributed by atoms with E-state index in [0.717, 1.165) is 16.6 Å². The van der Waals surface area contributed by atoms with E-state index in [9.17, 15) is 0 Å². The first-order valence-electron chi connectivity index (χ1n) is 4.47. The minimum Gasteiger partial charge on any atom is -0.394 e. The third-order valence-corrected chi connectivity index (χ3v) is 2.39. The quantitative estimate of drug-likeness (QED) is 0.655. The highest BCUT2D eigenvalue weighted by Gasteiger charge is 2.20. The SMILES string of the molecule is CC(N)(CO)c1cnc2cc[nH]c2c1. The first kappa shape index (κ1) is 9.18. The van der Waals surface area contributed by atoms with Crippen molar-refractivity contribution in [2.45, 2.75) is 12.5 Å². The summed E-state index contributed by atoms with van der Waals surface area (Å²) in [4.78, 5) is 7.29. The predicted octanol–water partition coefficient (Wildman–Crippen LogP) is 0.729. The monoisotopic (exact) mass is 191 g/mol. The van der Waals surface area contributed by atoms with Crippen LogP contribution in [0.25, 0.3) is 11.0 Å². The van der Waals surface area contributed by atoms with E-state index in [2.05, 4.69) is 9.97 Å². The summed E-state index contributed by atoms with van der Waals surface area (Å²) in [6.07, 6.45) is 3.53. The van der Waals surface area contributed by atoms with E-state index in [0.29, 0.717) is 0 Å². The van der Waals surface area contributed by atoms with Gasteiger partial charge in [-0.2, -0.15) is 0 Å². The molecule has 0 saturated heterocycles. The van der Waals surface area contributed by atoms with Crippen molar-refractivity contribution in [3.8, 4) is 0 Å². The van der Waals surface area contributed by atoms with E-state index in [-0.39, 0.29) is 6.61 Å². The first-order valence-corrected chi connectivity index (χ1v) is 4.47. The third kappa shape index (κ3) is 1.38. The van der Waals surface area contributed by atoms with Crippen LogP contribution in [0.1, 0.15) is 12.5 Å². The maximum absolute atomic E-state index is 9.11. The number of aliphatic hydroxyl groups is 1. The number of hydrogen-bond donors (Lipinski definition) is 3. The van der Waals surface area contributed by atoms with Crippen LogP contribution in [0.3, 0.4) is 0 Å². The Morgan fingerprint density at radius 1 is 1.64 bits per heavy atom. The number of nitrogens with two attached hydrogens (primary N) is 1. The van der Waals surface area contributed by atoms with Gasteiger partial charge >= 0.3 is 0 Å². The number of nitrogens with zero attached hydrogens (tertiary/aromatic N) is 1. The average molecular weight is 191 g/mol. The molecule has 2 heterocycles. The van der Waals surface area contributed by atoms with Gasteiger partial charge in [-0.15, -0.1) is 0 Å². The second-order valence-electron chi connectivity index (χ2n) is 3.71. The molecule has 0 aliphatic heterocycles. The molecule has 4 N–H and O–H groups in total. The Morgan fingerprint density at radius 3 is 3.14 bits per heavy atom. The molecule has 2 aromatic heterocycles. The van der Waals surface area contributed by atoms with E-state index in [1.807, 2.05) is 18.3 Å². The Hall–Kier alpha value is -1.39. The molecule has 4 nitrogen and oxygen atoms in total. The van der Waals surface area contributed by atoms with Crippen LogP contribution in [0.4, 0.5) is 0 Å². The highest BCUT2D eigenvalue weighted by atomic mass is 16.3. The van der Waals surface area contributed by atoms with E-state index >= 15 is 0 Å². The van der Waals surface area contributed by atoms with Gasteiger partial charge in [-0.1, -0.05) is 0 Å². The van der Waals surface area contributed by atoms with Crippen molar-refractivity contribution in [3.05, 3.63) is 30.1 Å². The Kier molecular flexibility index (Phi) is 2.02.